The number of aromatic carboxylic acids is 2. The number of hydrogen-bond acceptors (Lipinski definition) is 2. The van der Waals surface area contributed by atoms with E-state index in [1.165, 1.54) is 0 Å². The van der Waals surface area contributed by atoms with E-state index in [-0.39, 0.29) is 23.5 Å². The SMILES string of the molecule is Cl.O=C(O)c1ccc2c(c1)Cc1ccc(C(=O)O)cc1C2. The second-order valence-electron chi connectivity index (χ2n) is 4.93. The molecule has 0 saturated carbocycles. The summed E-state index contributed by atoms with van der Waals surface area (Å²) in [6.07, 6.45) is 1.29. The first kappa shape index (κ1) is 15.1. The van der Waals surface area contributed by atoms with Gasteiger partial charge in [0.05, 0.1) is 11.1 Å². The smallest absolute Gasteiger partial charge is 0.335 e. The zero-order valence-corrected chi connectivity index (χ0v) is 11.8. The summed E-state index contributed by atoms with van der Waals surface area (Å²) in [5.74, 6) is -1.86. The monoisotopic (exact) mass is 304 g/mol. The van der Waals surface area contributed by atoms with Gasteiger partial charge in [0.2, 0.25) is 0 Å². The second kappa shape index (κ2) is 5.58. The van der Waals surface area contributed by atoms with E-state index >= 15 is 0 Å². The molecule has 0 aromatic heterocycles. The van der Waals surface area contributed by atoms with Gasteiger partial charge in [-0.15, -0.1) is 12.4 Å². The third-order valence-electron chi connectivity index (χ3n) is 3.67. The van der Waals surface area contributed by atoms with Crippen LogP contribution in [0, 0.1) is 0 Å². The molecule has 0 spiro atoms. The quantitative estimate of drug-likeness (QED) is 0.763. The zero-order valence-electron chi connectivity index (χ0n) is 11.0. The molecule has 2 N–H and O–H groups in total. The first-order chi connectivity index (χ1) is 9.54. The Morgan fingerprint density at radius 1 is 0.714 bits per heavy atom. The summed E-state index contributed by atoms with van der Waals surface area (Å²) in [6.45, 7) is 0. The lowest BCUT2D eigenvalue weighted by molar-refractivity contribution is 0.0686. The number of carboxylic acid groups (broad SMARTS) is 2. The molecule has 1 aliphatic rings. The van der Waals surface area contributed by atoms with E-state index in [0.29, 0.717) is 12.8 Å². The Kier molecular flexibility index (Phi) is 4.00. The van der Waals surface area contributed by atoms with Crippen LogP contribution in [0.25, 0.3) is 0 Å². The highest BCUT2D eigenvalue weighted by molar-refractivity contribution is 5.89. The fourth-order valence-corrected chi connectivity index (χ4v) is 2.60. The molecular weight excluding hydrogens is 292 g/mol. The Morgan fingerprint density at radius 3 is 1.43 bits per heavy atom. The minimum Gasteiger partial charge on any atom is -0.478 e. The average Bonchev–Trinajstić information content (AvgIpc) is 2.43. The lowest BCUT2D eigenvalue weighted by atomic mass is 9.84. The van der Waals surface area contributed by atoms with E-state index < -0.39 is 11.9 Å². The van der Waals surface area contributed by atoms with Gasteiger partial charge in [0.1, 0.15) is 0 Å². The molecule has 0 saturated heterocycles. The summed E-state index contributed by atoms with van der Waals surface area (Å²) < 4.78 is 0. The van der Waals surface area contributed by atoms with Gasteiger partial charge in [-0.3, -0.25) is 0 Å². The van der Waals surface area contributed by atoms with Gasteiger partial charge in [0.25, 0.3) is 0 Å². The molecule has 2 aromatic rings. The van der Waals surface area contributed by atoms with Crippen LogP contribution in [-0.4, -0.2) is 22.2 Å². The van der Waals surface area contributed by atoms with Crippen molar-refractivity contribution in [1.82, 2.24) is 0 Å². The molecule has 0 bridgehead atoms. The topological polar surface area (TPSA) is 74.6 Å². The van der Waals surface area contributed by atoms with Crippen molar-refractivity contribution in [3.63, 3.8) is 0 Å². The van der Waals surface area contributed by atoms with Crippen LogP contribution in [0.3, 0.4) is 0 Å². The van der Waals surface area contributed by atoms with Crippen LogP contribution < -0.4 is 0 Å². The highest BCUT2D eigenvalue weighted by Crippen LogP contribution is 2.28. The highest BCUT2D eigenvalue weighted by atomic mass is 35.5. The van der Waals surface area contributed by atoms with Gasteiger partial charge in [-0.2, -0.15) is 0 Å². The van der Waals surface area contributed by atoms with Crippen LogP contribution in [0.1, 0.15) is 43.0 Å². The molecule has 1 aliphatic carbocycles. The molecular formula is C16H13ClO4. The molecule has 0 atom stereocenters. The number of benzene rings is 2. The van der Waals surface area contributed by atoms with E-state index in [9.17, 15) is 9.59 Å². The van der Waals surface area contributed by atoms with E-state index in [0.717, 1.165) is 22.3 Å². The van der Waals surface area contributed by atoms with Crippen molar-refractivity contribution in [2.75, 3.05) is 0 Å². The third-order valence-corrected chi connectivity index (χ3v) is 3.67. The summed E-state index contributed by atoms with van der Waals surface area (Å²) in [6, 6.07) is 10.2. The lowest BCUT2D eigenvalue weighted by Gasteiger charge is -2.20. The predicted molar refractivity (Wildman–Crippen MR) is 79.7 cm³/mol. The van der Waals surface area contributed by atoms with Gasteiger partial charge in [-0.1, -0.05) is 12.1 Å². The number of hydrogen-bond donors (Lipinski definition) is 2. The minimum atomic E-state index is -0.931. The van der Waals surface area contributed by atoms with Crippen LogP contribution in [0.2, 0.25) is 0 Å². The maximum absolute atomic E-state index is 11.0. The third kappa shape index (κ3) is 2.76. The Labute approximate surface area is 127 Å². The van der Waals surface area contributed by atoms with Crippen LogP contribution >= 0.6 is 12.4 Å². The zero-order chi connectivity index (χ0) is 14.3. The predicted octanol–water partition coefficient (Wildman–Crippen LogP) is 3.00. The van der Waals surface area contributed by atoms with Crippen molar-refractivity contribution in [2.24, 2.45) is 0 Å². The fraction of sp³-hybridized carbons (Fsp3) is 0.125. The van der Waals surface area contributed by atoms with Crippen molar-refractivity contribution in [3.05, 3.63) is 69.8 Å². The van der Waals surface area contributed by atoms with E-state index in [4.69, 9.17) is 10.2 Å². The summed E-state index contributed by atoms with van der Waals surface area (Å²) in [7, 11) is 0. The molecule has 0 heterocycles. The summed E-state index contributed by atoms with van der Waals surface area (Å²) in [4.78, 5) is 22.0. The Bertz CT molecular complexity index is 674. The first-order valence-corrected chi connectivity index (χ1v) is 6.25. The molecule has 21 heavy (non-hydrogen) atoms. The van der Waals surface area contributed by atoms with Crippen LogP contribution in [0.5, 0.6) is 0 Å². The maximum atomic E-state index is 11.0. The molecule has 5 heteroatoms. The van der Waals surface area contributed by atoms with Crippen LogP contribution in [-0.2, 0) is 12.8 Å². The van der Waals surface area contributed by atoms with Gasteiger partial charge < -0.3 is 10.2 Å². The Morgan fingerprint density at radius 2 is 1.10 bits per heavy atom. The number of carbonyl (C=O) groups is 2. The molecule has 3 rings (SSSR count). The van der Waals surface area contributed by atoms with Gasteiger partial charge in [-0.25, -0.2) is 9.59 Å². The molecule has 0 radical (unpaired) electrons. The minimum absolute atomic E-state index is 0. The van der Waals surface area contributed by atoms with E-state index in [1.807, 2.05) is 12.1 Å². The standard InChI is InChI=1S/C16H12O4.ClH/c17-15(18)11-3-1-9-5-14-8-12(16(19)20)4-2-10(14)6-13(9)7-11;/h1-4,7-8H,5-6H2,(H,17,18)(H,19,20);1H. The van der Waals surface area contributed by atoms with E-state index in [1.54, 1.807) is 24.3 Å². The molecule has 108 valence electrons. The number of halogens is 1. The Hall–Kier alpha value is -2.33. The van der Waals surface area contributed by atoms with Crippen molar-refractivity contribution < 1.29 is 19.8 Å². The van der Waals surface area contributed by atoms with Crippen molar-refractivity contribution in [3.8, 4) is 0 Å². The van der Waals surface area contributed by atoms with Gasteiger partial charge in [-0.05, 0) is 59.4 Å². The number of fused-ring (bicyclic) bond motifs is 2. The first-order valence-electron chi connectivity index (χ1n) is 6.25. The van der Waals surface area contributed by atoms with Gasteiger partial charge in [0, 0.05) is 0 Å². The molecule has 0 amide bonds. The highest BCUT2D eigenvalue weighted by Gasteiger charge is 2.18. The normalized spacial score (nSPS) is 11.8. The molecule has 4 nitrogen and oxygen atoms in total. The largest absolute Gasteiger partial charge is 0.478 e. The van der Waals surface area contributed by atoms with Crippen molar-refractivity contribution in [1.29, 1.82) is 0 Å². The molecule has 0 fully saturated rings. The lowest BCUT2D eigenvalue weighted by Crippen LogP contribution is -2.10. The van der Waals surface area contributed by atoms with Crippen molar-refractivity contribution >= 4 is 24.3 Å². The second-order valence-corrected chi connectivity index (χ2v) is 4.93. The van der Waals surface area contributed by atoms with Crippen LogP contribution in [0.15, 0.2) is 36.4 Å². The maximum Gasteiger partial charge on any atom is 0.335 e. The van der Waals surface area contributed by atoms with Crippen molar-refractivity contribution in [2.45, 2.75) is 12.8 Å². The van der Waals surface area contributed by atoms with Gasteiger partial charge in [0.15, 0.2) is 0 Å². The summed E-state index contributed by atoms with van der Waals surface area (Å²) in [5.41, 5.74) is 4.69. The molecule has 2 aromatic carbocycles. The average molecular weight is 305 g/mol. The molecule has 0 aliphatic heterocycles. The van der Waals surface area contributed by atoms with Gasteiger partial charge >= 0.3 is 11.9 Å². The van der Waals surface area contributed by atoms with E-state index in [2.05, 4.69) is 0 Å². The molecule has 0 unspecified atom stereocenters. The number of carboxylic acids is 2. The van der Waals surface area contributed by atoms with Crippen LogP contribution in [0.4, 0.5) is 0 Å². The fourth-order valence-electron chi connectivity index (χ4n) is 2.60. The number of rotatable bonds is 2. The Balaban J connectivity index is 0.00000161. The summed E-state index contributed by atoms with van der Waals surface area (Å²) in [5, 5.41) is 18.0. The summed E-state index contributed by atoms with van der Waals surface area (Å²) >= 11 is 0.